The molecule has 0 aliphatic carbocycles. The Bertz CT molecular complexity index is 329. The van der Waals surface area contributed by atoms with E-state index >= 15 is 0 Å². The molecule has 70 valence electrons. The largest absolute Gasteiger partial charge is 0.488 e. The second-order valence-electron chi connectivity index (χ2n) is 3.08. The predicted octanol–water partition coefficient (Wildman–Crippen LogP) is 0.579. The number of para-hydroxylation sites is 1. The number of fused-ring (bicyclic) bond motifs is 1. The van der Waals surface area contributed by atoms with E-state index in [0.29, 0.717) is 5.56 Å². The average molecular weight is 183 g/mol. The van der Waals surface area contributed by atoms with Crippen molar-refractivity contribution in [2.75, 3.05) is 6.61 Å². The number of hydrogen-bond acceptors (Lipinski definition) is 3. The summed E-state index contributed by atoms with van der Waals surface area (Å²) in [7, 11) is 0. The van der Waals surface area contributed by atoms with Gasteiger partial charge in [0.15, 0.2) is 11.6 Å². The lowest BCUT2D eigenvalue weighted by Gasteiger charge is -2.27. The Kier molecular flexibility index (Phi) is 1.94. The second kappa shape index (κ2) is 2.97. The van der Waals surface area contributed by atoms with Crippen LogP contribution in [-0.2, 0) is 0 Å². The van der Waals surface area contributed by atoms with Crippen molar-refractivity contribution < 1.29 is 14.2 Å². The number of halogens is 1. The zero-order chi connectivity index (χ0) is 9.42. The highest BCUT2D eigenvalue weighted by molar-refractivity contribution is 5.38. The fourth-order valence-electron chi connectivity index (χ4n) is 1.41. The number of hydrogen-bond donors (Lipinski definition) is 2. The maximum absolute atomic E-state index is 13.1. The summed E-state index contributed by atoms with van der Waals surface area (Å²) in [6.07, 6.45) is -0.834. The molecule has 0 aromatic heterocycles. The van der Waals surface area contributed by atoms with Gasteiger partial charge in [-0.05, 0) is 6.07 Å². The van der Waals surface area contributed by atoms with Gasteiger partial charge < -0.3 is 15.6 Å². The molecule has 4 heteroatoms. The Hall–Kier alpha value is -1.13. The quantitative estimate of drug-likeness (QED) is 0.618. The molecule has 1 aromatic rings. The van der Waals surface area contributed by atoms with Crippen LogP contribution in [0.15, 0.2) is 18.2 Å². The summed E-state index contributed by atoms with van der Waals surface area (Å²) in [5.74, 6) is -0.333. The first-order chi connectivity index (χ1) is 6.20. The lowest BCUT2D eigenvalue weighted by Crippen LogP contribution is -2.38. The molecule has 1 aliphatic rings. The Morgan fingerprint density at radius 3 is 3.08 bits per heavy atom. The third-order valence-electron chi connectivity index (χ3n) is 2.14. The first-order valence-electron chi connectivity index (χ1n) is 4.05. The molecule has 3 N–H and O–H groups in total. The molecule has 2 unspecified atom stereocenters. The fraction of sp³-hybridized carbons (Fsp3) is 0.333. The van der Waals surface area contributed by atoms with Crippen LogP contribution in [0, 0.1) is 5.82 Å². The highest BCUT2D eigenvalue weighted by atomic mass is 19.1. The molecule has 0 bridgehead atoms. The molecule has 1 aliphatic heterocycles. The van der Waals surface area contributed by atoms with Crippen molar-refractivity contribution in [1.29, 1.82) is 0 Å². The molecule has 0 spiro atoms. The van der Waals surface area contributed by atoms with E-state index in [1.54, 1.807) is 6.07 Å². The van der Waals surface area contributed by atoms with Crippen LogP contribution in [0.4, 0.5) is 4.39 Å². The number of ether oxygens (including phenoxy) is 1. The van der Waals surface area contributed by atoms with Gasteiger partial charge in [-0.25, -0.2) is 4.39 Å². The van der Waals surface area contributed by atoms with Crippen molar-refractivity contribution in [2.24, 2.45) is 5.73 Å². The van der Waals surface area contributed by atoms with Gasteiger partial charge in [0.2, 0.25) is 0 Å². The second-order valence-corrected chi connectivity index (χ2v) is 3.08. The molecule has 2 atom stereocenters. The Morgan fingerprint density at radius 1 is 1.54 bits per heavy atom. The van der Waals surface area contributed by atoms with Crippen LogP contribution in [-0.4, -0.2) is 17.8 Å². The van der Waals surface area contributed by atoms with Gasteiger partial charge in [-0.3, -0.25) is 0 Å². The zero-order valence-corrected chi connectivity index (χ0v) is 6.90. The Labute approximate surface area is 74.9 Å². The SMILES string of the molecule is NC1COc2c(F)cccc2C1O. The molecule has 2 rings (SSSR count). The van der Waals surface area contributed by atoms with Crippen molar-refractivity contribution >= 4 is 0 Å². The van der Waals surface area contributed by atoms with E-state index in [9.17, 15) is 9.50 Å². The lowest BCUT2D eigenvalue weighted by molar-refractivity contribution is 0.0886. The first kappa shape index (κ1) is 8.47. The van der Waals surface area contributed by atoms with Gasteiger partial charge in [-0.1, -0.05) is 12.1 Å². The van der Waals surface area contributed by atoms with E-state index < -0.39 is 18.0 Å². The molecule has 13 heavy (non-hydrogen) atoms. The minimum atomic E-state index is -0.834. The Balaban J connectivity index is 2.49. The molecule has 3 nitrogen and oxygen atoms in total. The number of nitrogens with two attached hydrogens (primary N) is 1. The normalized spacial score (nSPS) is 26.4. The van der Waals surface area contributed by atoms with Crippen molar-refractivity contribution in [3.8, 4) is 5.75 Å². The van der Waals surface area contributed by atoms with Crippen LogP contribution >= 0.6 is 0 Å². The molecule has 0 radical (unpaired) electrons. The standard InChI is InChI=1S/C9H10FNO2/c10-6-3-1-2-5-8(12)7(11)4-13-9(5)6/h1-3,7-8,12H,4,11H2. The molecule has 0 amide bonds. The van der Waals surface area contributed by atoms with E-state index in [-0.39, 0.29) is 12.4 Å². The van der Waals surface area contributed by atoms with E-state index in [4.69, 9.17) is 10.5 Å². The average Bonchev–Trinajstić information content (AvgIpc) is 2.12. The number of aliphatic hydroxyl groups is 1. The Morgan fingerprint density at radius 2 is 2.31 bits per heavy atom. The summed E-state index contributed by atoms with van der Waals surface area (Å²) < 4.78 is 18.2. The van der Waals surface area contributed by atoms with Gasteiger partial charge >= 0.3 is 0 Å². The highest BCUT2D eigenvalue weighted by Gasteiger charge is 2.28. The van der Waals surface area contributed by atoms with Gasteiger partial charge in [0.25, 0.3) is 0 Å². The molecule has 0 fully saturated rings. The summed E-state index contributed by atoms with van der Waals surface area (Å²) in [6.45, 7) is 0.148. The van der Waals surface area contributed by atoms with E-state index in [0.717, 1.165) is 0 Å². The smallest absolute Gasteiger partial charge is 0.165 e. The van der Waals surface area contributed by atoms with Gasteiger partial charge in [-0.2, -0.15) is 0 Å². The van der Waals surface area contributed by atoms with Gasteiger partial charge in [-0.15, -0.1) is 0 Å². The van der Waals surface area contributed by atoms with E-state index in [1.807, 2.05) is 0 Å². The molecule has 1 aromatic carbocycles. The van der Waals surface area contributed by atoms with Crippen LogP contribution in [0.5, 0.6) is 5.75 Å². The zero-order valence-electron chi connectivity index (χ0n) is 6.90. The highest BCUT2D eigenvalue weighted by Crippen LogP contribution is 2.33. The maximum Gasteiger partial charge on any atom is 0.165 e. The molecule has 1 heterocycles. The van der Waals surface area contributed by atoms with Crippen LogP contribution in [0.25, 0.3) is 0 Å². The van der Waals surface area contributed by atoms with Gasteiger partial charge in [0, 0.05) is 5.56 Å². The van der Waals surface area contributed by atoms with Crippen molar-refractivity contribution in [3.63, 3.8) is 0 Å². The molecule has 0 saturated carbocycles. The van der Waals surface area contributed by atoms with Crippen molar-refractivity contribution in [3.05, 3.63) is 29.6 Å². The van der Waals surface area contributed by atoms with Crippen molar-refractivity contribution in [2.45, 2.75) is 12.1 Å². The van der Waals surface area contributed by atoms with E-state index in [2.05, 4.69) is 0 Å². The molecular weight excluding hydrogens is 173 g/mol. The minimum absolute atomic E-state index is 0.122. The topological polar surface area (TPSA) is 55.5 Å². The van der Waals surface area contributed by atoms with Crippen LogP contribution in [0.3, 0.4) is 0 Å². The summed E-state index contributed by atoms with van der Waals surface area (Å²) in [5, 5.41) is 9.58. The number of aliphatic hydroxyl groups excluding tert-OH is 1. The van der Waals surface area contributed by atoms with Gasteiger partial charge in [0.05, 0.1) is 6.04 Å². The predicted molar refractivity (Wildman–Crippen MR) is 44.8 cm³/mol. The first-order valence-corrected chi connectivity index (χ1v) is 4.05. The van der Waals surface area contributed by atoms with Crippen molar-refractivity contribution in [1.82, 2.24) is 0 Å². The molecule has 0 saturated heterocycles. The number of rotatable bonds is 0. The lowest BCUT2D eigenvalue weighted by atomic mass is 10.00. The summed E-state index contributed by atoms with van der Waals surface area (Å²) >= 11 is 0. The van der Waals surface area contributed by atoms with Crippen LogP contribution < -0.4 is 10.5 Å². The third kappa shape index (κ3) is 1.28. The van der Waals surface area contributed by atoms with E-state index in [1.165, 1.54) is 12.1 Å². The molecular formula is C9H10FNO2. The van der Waals surface area contributed by atoms with Gasteiger partial charge in [0.1, 0.15) is 12.7 Å². The van der Waals surface area contributed by atoms with Crippen LogP contribution in [0.2, 0.25) is 0 Å². The monoisotopic (exact) mass is 183 g/mol. The summed E-state index contributed by atoms with van der Waals surface area (Å²) in [5.41, 5.74) is 5.98. The van der Waals surface area contributed by atoms with Crippen LogP contribution in [0.1, 0.15) is 11.7 Å². The number of benzene rings is 1. The summed E-state index contributed by atoms with van der Waals surface area (Å²) in [6, 6.07) is 3.96. The summed E-state index contributed by atoms with van der Waals surface area (Å²) in [4.78, 5) is 0. The maximum atomic E-state index is 13.1. The third-order valence-corrected chi connectivity index (χ3v) is 2.14. The minimum Gasteiger partial charge on any atom is -0.488 e. The fourth-order valence-corrected chi connectivity index (χ4v) is 1.41.